The van der Waals surface area contributed by atoms with E-state index in [1.165, 1.54) is 0 Å². The van der Waals surface area contributed by atoms with Crippen molar-refractivity contribution in [1.29, 1.82) is 0 Å². The monoisotopic (exact) mass is 245 g/mol. The van der Waals surface area contributed by atoms with Gasteiger partial charge in [-0.25, -0.2) is 0 Å². The van der Waals surface area contributed by atoms with E-state index in [-0.39, 0.29) is 23.1 Å². The summed E-state index contributed by atoms with van der Waals surface area (Å²) in [6, 6.07) is 7.62. The van der Waals surface area contributed by atoms with Crippen LogP contribution < -0.4 is 15.2 Å². The second kappa shape index (κ2) is 4.48. The van der Waals surface area contributed by atoms with Crippen LogP contribution in [0, 0.1) is 0 Å². The second-order valence-corrected chi connectivity index (χ2v) is 2.73. The first kappa shape index (κ1) is 10.3. The quantitative estimate of drug-likeness (QED) is 0.813. The second-order valence-electron chi connectivity index (χ2n) is 2.73. The Kier molecular flexibility index (Phi) is 3.57. The number of hydrogen-bond acceptors (Lipinski definition) is 3. The van der Waals surface area contributed by atoms with Gasteiger partial charge in [-0.3, -0.25) is 0 Å². The Morgan fingerprint density at radius 2 is 2.00 bits per heavy atom. The van der Waals surface area contributed by atoms with Gasteiger partial charge in [-0.1, -0.05) is 12.1 Å². The van der Waals surface area contributed by atoms with Gasteiger partial charge in [0.25, 0.3) is 0 Å². The highest BCUT2D eigenvalue weighted by Gasteiger charge is 2.18. The van der Waals surface area contributed by atoms with Gasteiger partial charge >= 0.3 is 0 Å². The smallest absolute Gasteiger partial charge is 0.161 e. The molecule has 4 heteroatoms. The lowest BCUT2D eigenvalue weighted by atomic mass is 10.2. The fourth-order valence-electron chi connectivity index (χ4n) is 1.18. The van der Waals surface area contributed by atoms with E-state index in [0.29, 0.717) is 13.2 Å². The molecule has 1 atom stereocenters. The van der Waals surface area contributed by atoms with Crippen LogP contribution in [-0.2, 0) is 0 Å². The van der Waals surface area contributed by atoms with Gasteiger partial charge in [-0.2, -0.15) is 0 Å². The molecule has 1 aliphatic heterocycles. The average Bonchev–Trinajstić information content (AvgIpc) is 2.17. The third-order valence-corrected chi connectivity index (χ3v) is 1.83. The highest BCUT2D eigenvalue weighted by molar-refractivity contribution is 8.93. The molecule has 0 aliphatic carbocycles. The number of benzene rings is 1. The van der Waals surface area contributed by atoms with Crippen molar-refractivity contribution in [2.24, 2.45) is 5.73 Å². The minimum absolute atomic E-state index is 0. The van der Waals surface area contributed by atoms with Gasteiger partial charge in [0, 0.05) is 6.54 Å². The predicted octanol–water partition coefficient (Wildman–Crippen LogP) is 1.36. The Labute approximate surface area is 87.6 Å². The standard InChI is InChI=1S/C9H11NO2.BrH/c10-5-7-6-11-8-3-1-2-4-9(8)12-7;/h1-4,7H,5-6,10H2;1H. The topological polar surface area (TPSA) is 44.5 Å². The largest absolute Gasteiger partial charge is 0.486 e. The van der Waals surface area contributed by atoms with Crippen LogP contribution in [-0.4, -0.2) is 19.3 Å². The number of fused-ring (bicyclic) bond motifs is 1. The molecule has 0 saturated carbocycles. The summed E-state index contributed by atoms with van der Waals surface area (Å²) in [4.78, 5) is 0. The van der Waals surface area contributed by atoms with Gasteiger partial charge in [0.15, 0.2) is 11.5 Å². The van der Waals surface area contributed by atoms with Crippen LogP contribution in [0.2, 0.25) is 0 Å². The van der Waals surface area contributed by atoms with Gasteiger partial charge in [0.05, 0.1) is 0 Å². The van der Waals surface area contributed by atoms with Gasteiger partial charge in [-0.15, -0.1) is 17.0 Å². The summed E-state index contributed by atoms with van der Waals surface area (Å²) in [5.74, 6) is 1.60. The first-order valence-corrected chi connectivity index (χ1v) is 3.98. The number of halogens is 1. The van der Waals surface area contributed by atoms with Crippen LogP contribution in [0.1, 0.15) is 0 Å². The van der Waals surface area contributed by atoms with Crippen LogP contribution in [0.3, 0.4) is 0 Å². The summed E-state index contributed by atoms with van der Waals surface area (Å²) in [6.07, 6.45) is -0.0000926. The summed E-state index contributed by atoms with van der Waals surface area (Å²) in [5, 5.41) is 0. The molecule has 0 aromatic heterocycles. The van der Waals surface area contributed by atoms with Crippen molar-refractivity contribution in [3.8, 4) is 11.5 Å². The molecule has 13 heavy (non-hydrogen) atoms. The molecule has 0 spiro atoms. The van der Waals surface area contributed by atoms with Gasteiger partial charge in [-0.05, 0) is 12.1 Å². The average molecular weight is 246 g/mol. The van der Waals surface area contributed by atoms with Crippen LogP contribution in [0.5, 0.6) is 11.5 Å². The Balaban J connectivity index is 0.000000845. The molecule has 72 valence electrons. The van der Waals surface area contributed by atoms with E-state index in [1.54, 1.807) is 0 Å². The van der Waals surface area contributed by atoms with Crippen LogP contribution in [0.25, 0.3) is 0 Å². The summed E-state index contributed by atoms with van der Waals surface area (Å²) < 4.78 is 11.0. The molecule has 1 aliphatic rings. The molecule has 2 rings (SSSR count). The van der Waals surface area contributed by atoms with E-state index in [2.05, 4.69) is 0 Å². The molecule has 1 unspecified atom stereocenters. The SMILES string of the molecule is Br.NCC1COc2ccccc2O1. The molecule has 2 N–H and O–H groups in total. The van der Waals surface area contributed by atoms with Crippen molar-refractivity contribution in [3.05, 3.63) is 24.3 Å². The molecule has 0 saturated heterocycles. The van der Waals surface area contributed by atoms with Crippen LogP contribution >= 0.6 is 17.0 Å². The third kappa shape index (κ3) is 2.14. The Hall–Kier alpha value is -0.740. The summed E-state index contributed by atoms with van der Waals surface area (Å²) in [5.41, 5.74) is 5.46. The maximum Gasteiger partial charge on any atom is 0.161 e. The maximum absolute atomic E-state index is 5.53. The summed E-state index contributed by atoms with van der Waals surface area (Å²) in [6.45, 7) is 1.04. The van der Waals surface area contributed by atoms with Crippen molar-refractivity contribution in [2.75, 3.05) is 13.2 Å². The zero-order valence-corrected chi connectivity index (χ0v) is 8.82. The highest BCUT2D eigenvalue weighted by Crippen LogP contribution is 2.30. The highest BCUT2D eigenvalue weighted by atomic mass is 79.9. The van der Waals surface area contributed by atoms with Crippen molar-refractivity contribution in [1.82, 2.24) is 0 Å². The predicted molar refractivity (Wildman–Crippen MR) is 55.7 cm³/mol. The van der Waals surface area contributed by atoms with E-state index in [1.807, 2.05) is 24.3 Å². The fourth-order valence-corrected chi connectivity index (χ4v) is 1.18. The van der Waals surface area contributed by atoms with Crippen molar-refractivity contribution in [3.63, 3.8) is 0 Å². The maximum atomic E-state index is 5.53. The Morgan fingerprint density at radius 3 is 2.69 bits per heavy atom. The first-order chi connectivity index (χ1) is 5.90. The number of rotatable bonds is 1. The number of para-hydroxylation sites is 2. The van der Waals surface area contributed by atoms with Gasteiger partial charge < -0.3 is 15.2 Å². The van der Waals surface area contributed by atoms with Crippen molar-refractivity contribution >= 4 is 17.0 Å². The zero-order valence-electron chi connectivity index (χ0n) is 7.10. The normalized spacial score (nSPS) is 19.0. The molecule has 1 aromatic carbocycles. The molecule has 0 radical (unpaired) electrons. The molecule has 3 nitrogen and oxygen atoms in total. The fraction of sp³-hybridized carbons (Fsp3) is 0.333. The third-order valence-electron chi connectivity index (χ3n) is 1.83. The molecular weight excluding hydrogens is 234 g/mol. The molecular formula is C9H12BrNO2. The molecule has 1 aromatic rings. The lowest BCUT2D eigenvalue weighted by Crippen LogP contribution is -2.35. The molecule has 1 heterocycles. The number of ether oxygens (including phenoxy) is 2. The molecule has 0 amide bonds. The molecule has 0 bridgehead atoms. The molecule has 0 fully saturated rings. The Morgan fingerprint density at radius 1 is 1.31 bits per heavy atom. The van der Waals surface area contributed by atoms with E-state index in [4.69, 9.17) is 15.2 Å². The number of hydrogen-bond donors (Lipinski definition) is 1. The lowest BCUT2D eigenvalue weighted by Gasteiger charge is -2.25. The van der Waals surface area contributed by atoms with Gasteiger partial charge in [0.1, 0.15) is 12.7 Å². The van der Waals surface area contributed by atoms with E-state index < -0.39 is 0 Å². The van der Waals surface area contributed by atoms with Crippen molar-refractivity contribution in [2.45, 2.75) is 6.10 Å². The number of nitrogens with two attached hydrogens (primary N) is 1. The van der Waals surface area contributed by atoms with Crippen molar-refractivity contribution < 1.29 is 9.47 Å². The van der Waals surface area contributed by atoms with Gasteiger partial charge in [0.2, 0.25) is 0 Å². The van der Waals surface area contributed by atoms with E-state index in [0.717, 1.165) is 11.5 Å². The lowest BCUT2D eigenvalue weighted by molar-refractivity contribution is 0.0969. The van der Waals surface area contributed by atoms with Crippen LogP contribution in [0.15, 0.2) is 24.3 Å². The van der Waals surface area contributed by atoms with E-state index in [9.17, 15) is 0 Å². The summed E-state index contributed by atoms with van der Waals surface area (Å²) in [7, 11) is 0. The van der Waals surface area contributed by atoms with Crippen LogP contribution in [0.4, 0.5) is 0 Å². The minimum atomic E-state index is -0.0000926. The van der Waals surface area contributed by atoms with E-state index >= 15 is 0 Å². The summed E-state index contributed by atoms with van der Waals surface area (Å²) >= 11 is 0. The zero-order chi connectivity index (χ0) is 8.39. The Bertz CT molecular complexity index is 280. The minimum Gasteiger partial charge on any atom is -0.486 e. The first-order valence-electron chi connectivity index (χ1n) is 3.98.